The molecule has 0 aliphatic carbocycles. The van der Waals surface area contributed by atoms with Crippen LogP contribution in [0.3, 0.4) is 0 Å². The fourth-order valence-corrected chi connectivity index (χ4v) is 1.92. The smallest absolute Gasteiger partial charge is 0.150 e. The van der Waals surface area contributed by atoms with E-state index in [4.69, 9.17) is 18.0 Å². The summed E-state index contributed by atoms with van der Waals surface area (Å²) in [5.41, 5.74) is 8.09. The van der Waals surface area contributed by atoms with E-state index in [0.717, 1.165) is 23.3 Å². The summed E-state index contributed by atoms with van der Waals surface area (Å²) in [6.07, 6.45) is 0. The van der Waals surface area contributed by atoms with E-state index in [1.807, 2.05) is 26.0 Å². The van der Waals surface area contributed by atoms with Crippen LogP contribution in [-0.4, -0.2) is 4.99 Å². The Morgan fingerprint density at radius 1 is 1.05 bits per heavy atom. The zero-order valence-corrected chi connectivity index (χ0v) is 11.9. The van der Waals surface area contributed by atoms with Gasteiger partial charge in [0.25, 0.3) is 0 Å². The van der Waals surface area contributed by atoms with E-state index < -0.39 is 11.6 Å². The van der Waals surface area contributed by atoms with Crippen molar-refractivity contribution in [3.63, 3.8) is 0 Å². The van der Waals surface area contributed by atoms with Crippen LogP contribution in [0.4, 0.5) is 20.2 Å². The van der Waals surface area contributed by atoms with Gasteiger partial charge in [0.2, 0.25) is 0 Å². The zero-order valence-electron chi connectivity index (χ0n) is 11.1. The summed E-state index contributed by atoms with van der Waals surface area (Å²) in [6.45, 7) is 3.90. The maximum Gasteiger partial charge on any atom is 0.150 e. The summed E-state index contributed by atoms with van der Waals surface area (Å²) in [5.74, 6) is -1.46. The fourth-order valence-electron chi connectivity index (χ4n) is 1.80. The highest BCUT2D eigenvalue weighted by molar-refractivity contribution is 7.80. The SMILES string of the molecule is Cc1ccc(Nc2c(F)cc(C(N)=S)cc2F)cc1C. The standard InChI is InChI=1S/C15H14F2N2S/c1-8-3-4-11(5-9(8)2)19-14-12(16)6-10(15(18)20)7-13(14)17/h3-7,19H,1-2H3,(H2,18,20). The van der Waals surface area contributed by atoms with E-state index >= 15 is 0 Å². The first-order valence-corrected chi connectivity index (χ1v) is 6.42. The molecule has 0 saturated carbocycles. The average Bonchev–Trinajstić information content (AvgIpc) is 2.37. The van der Waals surface area contributed by atoms with Gasteiger partial charge in [-0.15, -0.1) is 0 Å². The number of thiocarbonyl (C=S) groups is 1. The monoisotopic (exact) mass is 292 g/mol. The molecule has 2 nitrogen and oxygen atoms in total. The number of benzene rings is 2. The predicted molar refractivity (Wildman–Crippen MR) is 81.4 cm³/mol. The molecule has 0 aromatic heterocycles. The van der Waals surface area contributed by atoms with Crippen molar-refractivity contribution in [1.29, 1.82) is 0 Å². The molecule has 0 radical (unpaired) electrons. The minimum absolute atomic E-state index is 0.0412. The third-order valence-electron chi connectivity index (χ3n) is 3.10. The van der Waals surface area contributed by atoms with E-state index in [9.17, 15) is 8.78 Å². The fraction of sp³-hybridized carbons (Fsp3) is 0.133. The molecule has 0 aliphatic rings. The average molecular weight is 292 g/mol. The van der Waals surface area contributed by atoms with Crippen molar-refractivity contribution in [3.8, 4) is 0 Å². The van der Waals surface area contributed by atoms with Gasteiger partial charge in [-0.3, -0.25) is 0 Å². The van der Waals surface area contributed by atoms with E-state index in [0.29, 0.717) is 5.69 Å². The highest BCUT2D eigenvalue weighted by atomic mass is 32.1. The van der Waals surface area contributed by atoms with Gasteiger partial charge in [0.15, 0.2) is 0 Å². The van der Waals surface area contributed by atoms with Gasteiger partial charge >= 0.3 is 0 Å². The van der Waals surface area contributed by atoms with Crippen LogP contribution in [-0.2, 0) is 0 Å². The Morgan fingerprint density at radius 2 is 1.65 bits per heavy atom. The molecule has 2 aromatic carbocycles. The molecule has 0 bridgehead atoms. The summed E-state index contributed by atoms with van der Waals surface area (Å²) >= 11 is 4.71. The highest BCUT2D eigenvalue weighted by Gasteiger charge is 2.13. The van der Waals surface area contributed by atoms with Crippen LogP contribution in [0.25, 0.3) is 0 Å². The van der Waals surface area contributed by atoms with Crippen molar-refractivity contribution in [2.24, 2.45) is 5.73 Å². The van der Waals surface area contributed by atoms with E-state index in [2.05, 4.69) is 5.32 Å². The lowest BCUT2D eigenvalue weighted by molar-refractivity contribution is 0.590. The molecule has 0 saturated heterocycles. The van der Waals surface area contributed by atoms with Crippen LogP contribution >= 0.6 is 12.2 Å². The lowest BCUT2D eigenvalue weighted by Gasteiger charge is -2.11. The minimum Gasteiger partial charge on any atom is -0.389 e. The molecule has 20 heavy (non-hydrogen) atoms. The number of hydrogen-bond donors (Lipinski definition) is 2. The Hall–Kier alpha value is -2.01. The number of nitrogens with one attached hydrogen (secondary N) is 1. The van der Waals surface area contributed by atoms with Crippen molar-refractivity contribution in [1.82, 2.24) is 0 Å². The molecule has 0 spiro atoms. The van der Waals surface area contributed by atoms with Gasteiger partial charge in [-0.2, -0.15) is 0 Å². The summed E-state index contributed by atoms with van der Waals surface area (Å²) in [7, 11) is 0. The van der Waals surface area contributed by atoms with Crippen molar-refractivity contribution in [3.05, 3.63) is 58.7 Å². The maximum absolute atomic E-state index is 13.9. The van der Waals surface area contributed by atoms with Gasteiger partial charge in [0, 0.05) is 11.3 Å². The first kappa shape index (κ1) is 14.4. The molecule has 0 fully saturated rings. The van der Waals surface area contributed by atoms with Gasteiger partial charge < -0.3 is 11.1 Å². The third-order valence-corrected chi connectivity index (χ3v) is 3.34. The second-order valence-corrected chi connectivity index (χ2v) is 5.04. The minimum atomic E-state index is -0.731. The first-order valence-electron chi connectivity index (χ1n) is 6.01. The third kappa shape index (κ3) is 2.93. The van der Waals surface area contributed by atoms with Gasteiger partial charge in [0.05, 0.1) is 0 Å². The Bertz CT molecular complexity index is 661. The molecule has 2 rings (SSSR count). The van der Waals surface area contributed by atoms with Crippen molar-refractivity contribution >= 4 is 28.6 Å². The normalized spacial score (nSPS) is 10.4. The summed E-state index contributed by atoms with van der Waals surface area (Å²) < 4.78 is 27.8. The maximum atomic E-state index is 13.9. The van der Waals surface area contributed by atoms with Gasteiger partial charge in [-0.1, -0.05) is 18.3 Å². The number of nitrogens with two attached hydrogens (primary N) is 1. The molecule has 5 heteroatoms. The van der Waals surface area contributed by atoms with Crippen LogP contribution in [0.15, 0.2) is 30.3 Å². The quantitative estimate of drug-likeness (QED) is 0.841. The zero-order chi connectivity index (χ0) is 14.9. The summed E-state index contributed by atoms with van der Waals surface area (Å²) in [4.78, 5) is -0.0412. The molecular formula is C15H14F2N2S. The van der Waals surface area contributed by atoms with Crippen LogP contribution in [0.5, 0.6) is 0 Å². The number of aryl methyl sites for hydroxylation is 2. The molecule has 0 aliphatic heterocycles. The van der Waals surface area contributed by atoms with E-state index in [1.165, 1.54) is 0 Å². The topological polar surface area (TPSA) is 38.0 Å². The lowest BCUT2D eigenvalue weighted by atomic mass is 10.1. The van der Waals surface area contributed by atoms with Gasteiger partial charge in [-0.25, -0.2) is 8.78 Å². The molecule has 0 heterocycles. The van der Waals surface area contributed by atoms with Crippen molar-refractivity contribution < 1.29 is 8.78 Å². The van der Waals surface area contributed by atoms with Gasteiger partial charge in [0.1, 0.15) is 22.3 Å². The largest absolute Gasteiger partial charge is 0.389 e. The number of anilines is 2. The van der Waals surface area contributed by atoms with Crippen molar-refractivity contribution in [2.45, 2.75) is 13.8 Å². The predicted octanol–water partition coefficient (Wildman–Crippen LogP) is 3.96. The molecular weight excluding hydrogens is 278 g/mol. The number of halogens is 2. The second-order valence-electron chi connectivity index (χ2n) is 4.60. The summed E-state index contributed by atoms with van der Waals surface area (Å²) in [6, 6.07) is 7.72. The van der Waals surface area contributed by atoms with Crippen LogP contribution in [0, 0.1) is 25.5 Å². The second kappa shape index (κ2) is 5.54. The van der Waals surface area contributed by atoms with Gasteiger partial charge in [-0.05, 0) is 49.2 Å². The van der Waals surface area contributed by atoms with E-state index in [-0.39, 0.29) is 16.2 Å². The molecule has 104 valence electrons. The highest BCUT2D eigenvalue weighted by Crippen LogP contribution is 2.26. The Balaban J connectivity index is 2.38. The number of hydrogen-bond acceptors (Lipinski definition) is 2. The molecule has 2 aromatic rings. The Labute approximate surface area is 121 Å². The van der Waals surface area contributed by atoms with Crippen molar-refractivity contribution in [2.75, 3.05) is 5.32 Å². The van der Waals surface area contributed by atoms with E-state index in [1.54, 1.807) is 6.07 Å². The molecule has 3 N–H and O–H groups in total. The first-order chi connectivity index (χ1) is 9.38. The summed E-state index contributed by atoms with van der Waals surface area (Å²) in [5, 5.41) is 2.74. The molecule has 0 amide bonds. The van der Waals surface area contributed by atoms with Crippen LogP contribution in [0.2, 0.25) is 0 Å². The molecule has 0 atom stereocenters. The lowest BCUT2D eigenvalue weighted by Crippen LogP contribution is -2.11. The Kier molecular flexibility index (Phi) is 3.99. The molecule has 0 unspecified atom stereocenters. The van der Waals surface area contributed by atoms with Crippen LogP contribution < -0.4 is 11.1 Å². The number of rotatable bonds is 3. The Morgan fingerprint density at radius 3 is 2.15 bits per heavy atom. The van der Waals surface area contributed by atoms with Crippen LogP contribution in [0.1, 0.15) is 16.7 Å².